The second-order valence-corrected chi connectivity index (χ2v) is 5.84. The first kappa shape index (κ1) is 10.8. The van der Waals surface area contributed by atoms with E-state index in [0.717, 1.165) is 24.0 Å². The monoisotopic (exact) mass is 277 g/mol. The first-order valence-electron chi connectivity index (χ1n) is 5.27. The Labute approximate surface area is 97.9 Å². The summed E-state index contributed by atoms with van der Waals surface area (Å²) in [4.78, 5) is 14.2. The Morgan fingerprint density at radius 1 is 1.50 bits per heavy atom. The van der Waals surface area contributed by atoms with Crippen LogP contribution in [-0.4, -0.2) is 40.2 Å². The average Bonchev–Trinajstić information content (AvgIpc) is 2.87. The van der Waals surface area contributed by atoms with Crippen LogP contribution in [0.1, 0.15) is 19.3 Å². The fourth-order valence-electron chi connectivity index (χ4n) is 2.25. The maximum Gasteiger partial charge on any atom is 0.226 e. The number of likely N-dealkylation sites (tertiary alicyclic amines) is 1. The molecule has 0 aromatic heterocycles. The fraction of sp³-hybridized carbons (Fsp3) is 0.900. The van der Waals surface area contributed by atoms with Gasteiger partial charge in [-0.1, -0.05) is 15.9 Å². The van der Waals surface area contributed by atoms with Gasteiger partial charge in [0.15, 0.2) is 0 Å². The molecule has 1 amide bonds. The van der Waals surface area contributed by atoms with Crippen molar-refractivity contribution < 1.29 is 4.79 Å². The van der Waals surface area contributed by atoms with Crippen LogP contribution in [0.25, 0.3) is 0 Å². The highest BCUT2D eigenvalue weighted by Gasteiger charge is 2.33. The van der Waals surface area contributed by atoms with E-state index in [1.54, 1.807) is 0 Å². The number of rotatable bonds is 2. The van der Waals surface area contributed by atoms with Crippen molar-refractivity contribution in [2.24, 2.45) is 5.92 Å². The van der Waals surface area contributed by atoms with Gasteiger partial charge in [-0.3, -0.25) is 4.79 Å². The number of amides is 1. The van der Waals surface area contributed by atoms with Crippen LogP contribution in [0.2, 0.25) is 0 Å². The van der Waals surface area contributed by atoms with Gasteiger partial charge in [0.1, 0.15) is 0 Å². The molecule has 0 saturated carbocycles. The summed E-state index contributed by atoms with van der Waals surface area (Å²) < 4.78 is 0. The van der Waals surface area contributed by atoms with Gasteiger partial charge in [-0.2, -0.15) is 11.8 Å². The van der Waals surface area contributed by atoms with Crippen LogP contribution in [0, 0.1) is 5.92 Å². The van der Waals surface area contributed by atoms with E-state index in [2.05, 4.69) is 20.8 Å². The number of thioether (sulfide) groups is 1. The minimum absolute atomic E-state index is 0.319. The van der Waals surface area contributed by atoms with Gasteiger partial charge in [-0.15, -0.1) is 0 Å². The molecule has 2 rings (SSSR count). The Morgan fingerprint density at radius 3 is 3.00 bits per heavy atom. The summed E-state index contributed by atoms with van der Waals surface area (Å²) in [5.74, 6) is 2.95. The third-order valence-electron chi connectivity index (χ3n) is 3.12. The molecule has 2 heterocycles. The van der Waals surface area contributed by atoms with E-state index in [0.29, 0.717) is 17.9 Å². The van der Waals surface area contributed by atoms with E-state index in [-0.39, 0.29) is 0 Å². The van der Waals surface area contributed by atoms with Gasteiger partial charge in [0.2, 0.25) is 5.91 Å². The average molecular weight is 278 g/mol. The van der Waals surface area contributed by atoms with E-state index in [9.17, 15) is 4.79 Å². The third kappa shape index (κ3) is 2.11. The van der Waals surface area contributed by atoms with Crippen LogP contribution < -0.4 is 0 Å². The maximum atomic E-state index is 12.1. The topological polar surface area (TPSA) is 20.3 Å². The van der Waals surface area contributed by atoms with Crippen LogP contribution in [-0.2, 0) is 4.79 Å². The van der Waals surface area contributed by atoms with Crippen molar-refractivity contribution in [1.82, 2.24) is 4.90 Å². The molecule has 2 fully saturated rings. The van der Waals surface area contributed by atoms with Gasteiger partial charge in [-0.05, 0) is 25.0 Å². The van der Waals surface area contributed by atoms with Crippen molar-refractivity contribution in [2.75, 3.05) is 23.4 Å². The van der Waals surface area contributed by atoms with Gasteiger partial charge in [0.25, 0.3) is 0 Å². The number of carbonyl (C=O) groups is 1. The largest absolute Gasteiger partial charge is 0.339 e. The molecule has 80 valence electrons. The van der Waals surface area contributed by atoms with Crippen LogP contribution >= 0.6 is 27.7 Å². The zero-order valence-corrected chi connectivity index (χ0v) is 10.6. The maximum absolute atomic E-state index is 12.1. The molecule has 2 saturated heterocycles. The Hall–Kier alpha value is 0.300. The normalized spacial score (nSPS) is 32.5. The molecule has 14 heavy (non-hydrogen) atoms. The summed E-state index contributed by atoms with van der Waals surface area (Å²) in [6, 6.07) is 0.466. The number of halogens is 1. The molecule has 0 aromatic rings. The SMILES string of the molecule is O=C(C1CCSC1)N1CCC[C@H]1CBr. The van der Waals surface area contributed by atoms with Crippen LogP contribution in [0.5, 0.6) is 0 Å². The summed E-state index contributed by atoms with van der Waals surface area (Å²) in [7, 11) is 0. The van der Waals surface area contributed by atoms with E-state index in [1.807, 2.05) is 11.8 Å². The van der Waals surface area contributed by atoms with Crippen LogP contribution in [0.4, 0.5) is 0 Å². The zero-order chi connectivity index (χ0) is 9.97. The van der Waals surface area contributed by atoms with E-state index in [4.69, 9.17) is 0 Å². The van der Waals surface area contributed by atoms with Crippen LogP contribution in [0.15, 0.2) is 0 Å². The van der Waals surface area contributed by atoms with Gasteiger partial charge in [-0.25, -0.2) is 0 Å². The lowest BCUT2D eigenvalue weighted by molar-refractivity contribution is -0.135. The summed E-state index contributed by atoms with van der Waals surface area (Å²) in [6.45, 7) is 0.982. The number of alkyl halides is 1. The number of nitrogens with zero attached hydrogens (tertiary/aromatic N) is 1. The van der Waals surface area contributed by atoms with Crippen molar-refractivity contribution in [3.63, 3.8) is 0 Å². The predicted octanol–water partition coefficient (Wildman–Crippen LogP) is 2.13. The Kier molecular flexibility index (Phi) is 3.77. The molecule has 1 unspecified atom stereocenters. The molecule has 2 aliphatic rings. The summed E-state index contributed by atoms with van der Waals surface area (Å²) in [6.07, 6.45) is 3.45. The van der Waals surface area contributed by atoms with Crippen LogP contribution in [0.3, 0.4) is 0 Å². The van der Waals surface area contributed by atoms with E-state index >= 15 is 0 Å². The molecule has 0 aliphatic carbocycles. The van der Waals surface area contributed by atoms with Gasteiger partial charge < -0.3 is 4.90 Å². The molecule has 0 bridgehead atoms. The van der Waals surface area contributed by atoms with Crippen molar-refractivity contribution >= 4 is 33.6 Å². The van der Waals surface area contributed by atoms with Crippen molar-refractivity contribution in [2.45, 2.75) is 25.3 Å². The van der Waals surface area contributed by atoms with Crippen molar-refractivity contribution in [1.29, 1.82) is 0 Å². The summed E-state index contributed by atoms with van der Waals surface area (Å²) in [5.41, 5.74) is 0. The first-order chi connectivity index (χ1) is 6.83. The van der Waals surface area contributed by atoms with Gasteiger partial charge in [0.05, 0.1) is 0 Å². The smallest absolute Gasteiger partial charge is 0.226 e. The molecular weight excluding hydrogens is 262 g/mol. The highest BCUT2D eigenvalue weighted by atomic mass is 79.9. The lowest BCUT2D eigenvalue weighted by Crippen LogP contribution is -2.40. The lowest BCUT2D eigenvalue weighted by atomic mass is 10.1. The Balaban J connectivity index is 1.95. The molecular formula is C10H16BrNOS. The Morgan fingerprint density at radius 2 is 2.36 bits per heavy atom. The molecule has 0 aromatic carbocycles. The standard InChI is InChI=1S/C10H16BrNOS/c11-6-9-2-1-4-12(9)10(13)8-3-5-14-7-8/h8-9H,1-7H2/t8?,9-/m0/s1. The van der Waals surface area contributed by atoms with Crippen molar-refractivity contribution in [3.05, 3.63) is 0 Å². The zero-order valence-electron chi connectivity index (χ0n) is 8.25. The number of hydrogen-bond donors (Lipinski definition) is 0. The molecule has 2 nitrogen and oxygen atoms in total. The predicted molar refractivity (Wildman–Crippen MR) is 64.0 cm³/mol. The second-order valence-electron chi connectivity index (χ2n) is 4.04. The van der Waals surface area contributed by atoms with Crippen molar-refractivity contribution in [3.8, 4) is 0 Å². The highest BCUT2D eigenvalue weighted by molar-refractivity contribution is 9.09. The third-order valence-corrected chi connectivity index (χ3v) is 5.03. The molecule has 0 spiro atoms. The molecule has 4 heteroatoms. The Bertz CT molecular complexity index is 218. The number of hydrogen-bond acceptors (Lipinski definition) is 2. The molecule has 2 atom stereocenters. The van der Waals surface area contributed by atoms with E-state index in [1.165, 1.54) is 18.6 Å². The minimum atomic E-state index is 0.319. The second kappa shape index (κ2) is 4.88. The quantitative estimate of drug-likeness (QED) is 0.721. The highest BCUT2D eigenvalue weighted by Crippen LogP contribution is 2.28. The number of carbonyl (C=O) groups excluding carboxylic acids is 1. The lowest BCUT2D eigenvalue weighted by Gasteiger charge is -2.25. The first-order valence-corrected chi connectivity index (χ1v) is 7.54. The molecule has 0 radical (unpaired) electrons. The van der Waals surface area contributed by atoms with Gasteiger partial charge in [0, 0.05) is 29.6 Å². The summed E-state index contributed by atoms with van der Waals surface area (Å²) in [5, 5.41) is 0.943. The van der Waals surface area contributed by atoms with Gasteiger partial charge >= 0.3 is 0 Å². The molecule has 0 N–H and O–H groups in total. The minimum Gasteiger partial charge on any atom is -0.339 e. The van der Waals surface area contributed by atoms with E-state index < -0.39 is 0 Å². The molecule has 2 aliphatic heterocycles. The fourth-order valence-corrected chi connectivity index (χ4v) is 4.13. The summed E-state index contributed by atoms with van der Waals surface area (Å²) >= 11 is 5.41.